The second-order valence-electron chi connectivity index (χ2n) is 8.83. The van der Waals surface area contributed by atoms with Crippen molar-refractivity contribution < 1.29 is 0 Å². The lowest BCUT2D eigenvalue weighted by atomic mass is 9.74. The van der Waals surface area contributed by atoms with Crippen molar-refractivity contribution in [2.45, 2.75) is 78.7 Å². The van der Waals surface area contributed by atoms with Gasteiger partial charge in [-0.2, -0.15) is 0 Å². The van der Waals surface area contributed by atoms with Gasteiger partial charge in [-0.05, 0) is 68.4 Å². The number of rotatable bonds is 4. The molecule has 0 aromatic rings. The van der Waals surface area contributed by atoms with E-state index in [1.54, 1.807) is 0 Å². The van der Waals surface area contributed by atoms with Crippen molar-refractivity contribution in [1.82, 2.24) is 4.90 Å². The van der Waals surface area contributed by atoms with E-state index in [2.05, 4.69) is 32.6 Å². The number of likely N-dealkylation sites (tertiary alicyclic amines) is 1. The van der Waals surface area contributed by atoms with Crippen LogP contribution in [0.1, 0.15) is 72.6 Å². The molecule has 0 amide bonds. The second kappa shape index (κ2) is 7.46. The molecule has 124 valence electrons. The first-order valence-electron chi connectivity index (χ1n) is 9.38. The maximum Gasteiger partial charge on any atom is 0.00795 e. The number of hydrogen-bond acceptors (Lipinski definition) is 2. The fourth-order valence-corrected chi connectivity index (χ4v) is 4.58. The van der Waals surface area contributed by atoms with Gasteiger partial charge in [-0.25, -0.2) is 0 Å². The van der Waals surface area contributed by atoms with Gasteiger partial charge in [0.15, 0.2) is 0 Å². The average Bonchev–Trinajstić information content (AvgIpc) is 2.42. The van der Waals surface area contributed by atoms with E-state index in [-0.39, 0.29) is 0 Å². The van der Waals surface area contributed by atoms with Crippen LogP contribution in [0.4, 0.5) is 0 Å². The van der Waals surface area contributed by atoms with E-state index >= 15 is 0 Å². The van der Waals surface area contributed by atoms with Crippen LogP contribution in [0.25, 0.3) is 0 Å². The molecule has 2 rings (SSSR count). The van der Waals surface area contributed by atoms with E-state index in [1.165, 1.54) is 64.6 Å². The summed E-state index contributed by atoms with van der Waals surface area (Å²) in [5.74, 6) is 2.61. The standard InChI is InChI=1S/C19H38N2/c1-5-6-15-7-8-18(20)16(13-15)14-21-11-9-17(10-12-21)19(2,3)4/h15-18H,5-14,20H2,1-4H3. The Balaban J connectivity index is 1.79. The van der Waals surface area contributed by atoms with Crippen molar-refractivity contribution in [2.24, 2.45) is 28.9 Å². The Morgan fingerprint density at radius 3 is 2.29 bits per heavy atom. The SMILES string of the molecule is CCCC1CCC(N)C(CN2CCC(C(C)(C)C)CC2)C1. The normalized spacial score (nSPS) is 33.3. The van der Waals surface area contributed by atoms with Gasteiger partial charge < -0.3 is 10.6 Å². The van der Waals surface area contributed by atoms with E-state index in [1.807, 2.05) is 0 Å². The van der Waals surface area contributed by atoms with Crippen molar-refractivity contribution in [3.63, 3.8) is 0 Å². The Morgan fingerprint density at radius 1 is 1.05 bits per heavy atom. The number of hydrogen-bond donors (Lipinski definition) is 1. The molecule has 3 atom stereocenters. The van der Waals surface area contributed by atoms with Crippen molar-refractivity contribution in [1.29, 1.82) is 0 Å². The topological polar surface area (TPSA) is 29.3 Å². The zero-order valence-corrected chi connectivity index (χ0v) is 14.9. The van der Waals surface area contributed by atoms with E-state index in [0.29, 0.717) is 11.5 Å². The molecule has 2 N–H and O–H groups in total. The molecule has 21 heavy (non-hydrogen) atoms. The third kappa shape index (κ3) is 4.96. The molecule has 1 aliphatic heterocycles. The smallest absolute Gasteiger partial charge is 0.00795 e. The number of nitrogens with zero attached hydrogens (tertiary/aromatic N) is 1. The third-order valence-corrected chi connectivity index (χ3v) is 6.15. The van der Waals surface area contributed by atoms with E-state index in [4.69, 9.17) is 5.73 Å². The zero-order valence-electron chi connectivity index (χ0n) is 14.9. The van der Waals surface area contributed by atoms with Gasteiger partial charge >= 0.3 is 0 Å². The number of nitrogens with two attached hydrogens (primary N) is 1. The predicted octanol–water partition coefficient (Wildman–Crippen LogP) is 4.29. The van der Waals surface area contributed by atoms with E-state index in [0.717, 1.165) is 17.8 Å². The number of piperidine rings is 1. The largest absolute Gasteiger partial charge is 0.327 e. The van der Waals surface area contributed by atoms with Gasteiger partial charge in [0.05, 0.1) is 0 Å². The van der Waals surface area contributed by atoms with E-state index in [9.17, 15) is 0 Å². The minimum atomic E-state index is 0.457. The van der Waals surface area contributed by atoms with Gasteiger partial charge in [-0.3, -0.25) is 0 Å². The molecule has 0 spiro atoms. The second-order valence-corrected chi connectivity index (χ2v) is 8.83. The van der Waals surface area contributed by atoms with Crippen LogP contribution < -0.4 is 5.73 Å². The summed E-state index contributed by atoms with van der Waals surface area (Å²) < 4.78 is 0. The molecule has 1 heterocycles. The monoisotopic (exact) mass is 294 g/mol. The van der Waals surface area contributed by atoms with Crippen molar-refractivity contribution in [3.05, 3.63) is 0 Å². The molecular formula is C19H38N2. The summed E-state index contributed by atoms with van der Waals surface area (Å²) in [7, 11) is 0. The molecule has 0 bridgehead atoms. The quantitative estimate of drug-likeness (QED) is 0.838. The van der Waals surface area contributed by atoms with Crippen LogP contribution in [0.5, 0.6) is 0 Å². The first-order valence-corrected chi connectivity index (χ1v) is 9.38. The Bertz CT molecular complexity index is 299. The Hall–Kier alpha value is -0.0800. The average molecular weight is 295 g/mol. The first kappa shape index (κ1) is 17.3. The molecule has 3 unspecified atom stereocenters. The minimum absolute atomic E-state index is 0.457. The molecule has 1 aliphatic carbocycles. The van der Waals surface area contributed by atoms with Gasteiger partial charge in [-0.15, -0.1) is 0 Å². The van der Waals surface area contributed by atoms with Crippen LogP contribution in [0, 0.1) is 23.2 Å². The van der Waals surface area contributed by atoms with Crippen LogP contribution in [0.15, 0.2) is 0 Å². The van der Waals surface area contributed by atoms with Gasteiger partial charge in [-0.1, -0.05) is 40.5 Å². The van der Waals surface area contributed by atoms with Crippen LogP contribution in [-0.2, 0) is 0 Å². The lowest BCUT2D eigenvalue weighted by molar-refractivity contribution is 0.0834. The highest BCUT2D eigenvalue weighted by atomic mass is 15.1. The summed E-state index contributed by atoms with van der Waals surface area (Å²) in [4.78, 5) is 2.71. The minimum Gasteiger partial charge on any atom is -0.327 e. The molecule has 1 saturated carbocycles. The first-order chi connectivity index (χ1) is 9.90. The zero-order chi connectivity index (χ0) is 15.5. The summed E-state index contributed by atoms with van der Waals surface area (Å²) in [5, 5.41) is 0. The highest BCUT2D eigenvalue weighted by molar-refractivity contribution is 4.87. The fourth-order valence-electron chi connectivity index (χ4n) is 4.58. The maximum atomic E-state index is 6.42. The summed E-state index contributed by atoms with van der Waals surface area (Å²) in [6, 6.07) is 0.457. The summed E-state index contributed by atoms with van der Waals surface area (Å²) >= 11 is 0. The van der Waals surface area contributed by atoms with Crippen molar-refractivity contribution in [3.8, 4) is 0 Å². The van der Waals surface area contributed by atoms with Gasteiger partial charge in [0.1, 0.15) is 0 Å². The van der Waals surface area contributed by atoms with Crippen LogP contribution in [0.3, 0.4) is 0 Å². The fraction of sp³-hybridized carbons (Fsp3) is 1.00. The highest BCUT2D eigenvalue weighted by Crippen LogP contribution is 2.36. The molecule has 2 nitrogen and oxygen atoms in total. The summed E-state index contributed by atoms with van der Waals surface area (Å²) in [6.45, 7) is 13.4. The highest BCUT2D eigenvalue weighted by Gasteiger charge is 2.32. The maximum absolute atomic E-state index is 6.42. The van der Waals surface area contributed by atoms with Crippen LogP contribution in [-0.4, -0.2) is 30.6 Å². The Labute approximate surface area is 132 Å². The molecule has 1 saturated heterocycles. The van der Waals surface area contributed by atoms with Crippen LogP contribution >= 0.6 is 0 Å². The molecular weight excluding hydrogens is 256 g/mol. The van der Waals surface area contributed by atoms with Crippen LogP contribution in [0.2, 0.25) is 0 Å². The summed E-state index contributed by atoms with van der Waals surface area (Å²) in [5.41, 5.74) is 6.91. The molecule has 2 heteroatoms. The lowest BCUT2D eigenvalue weighted by Gasteiger charge is -2.42. The molecule has 2 aliphatic rings. The van der Waals surface area contributed by atoms with Gasteiger partial charge in [0.2, 0.25) is 0 Å². The molecule has 2 fully saturated rings. The molecule has 0 radical (unpaired) electrons. The van der Waals surface area contributed by atoms with E-state index < -0.39 is 0 Å². The summed E-state index contributed by atoms with van der Waals surface area (Å²) in [6.07, 6.45) is 9.52. The lowest BCUT2D eigenvalue weighted by Crippen LogP contribution is -2.46. The van der Waals surface area contributed by atoms with Gasteiger partial charge in [0, 0.05) is 12.6 Å². The van der Waals surface area contributed by atoms with Crippen molar-refractivity contribution in [2.75, 3.05) is 19.6 Å². The van der Waals surface area contributed by atoms with Crippen molar-refractivity contribution >= 4 is 0 Å². The molecule has 0 aromatic heterocycles. The predicted molar refractivity (Wildman–Crippen MR) is 92.3 cm³/mol. The molecule has 0 aromatic carbocycles. The van der Waals surface area contributed by atoms with Gasteiger partial charge in [0.25, 0.3) is 0 Å². The Morgan fingerprint density at radius 2 is 1.71 bits per heavy atom. The third-order valence-electron chi connectivity index (χ3n) is 6.15. The Kier molecular flexibility index (Phi) is 6.14.